The molecule has 0 radical (unpaired) electrons. The molecule has 0 aliphatic carbocycles. The summed E-state index contributed by atoms with van der Waals surface area (Å²) in [5, 5.41) is 0. The van der Waals surface area contributed by atoms with E-state index >= 15 is 0 Å². The predicted octanol–water partition coefficient (Wildman–Crippen LogP) is 4.38. The van der Waals surface area contributed by atoms with Gasteiger partial charge in [0.2, 0.25) is 5.91 Å². The first-order valence-corrected chi connectivity index (χ1v) is 9.25. The zero-order valence-electron chi connectivity index (χ0n) is 14.5. The van der Waals surface area contributed by atoms with Crippen LogP contribution in [0.2, 0.25) is 0 Å². The molecule has 0 atom stereocenters. The van der Waals surface area contributed by atoms with Gasteiger partial charge in [0.1, 0.15) is 5.75 Å². The molecule has 0 bridgehead atoms. The van der Waals surface area contributed by atoms with Crippen LogP contribution in [0, 0.1) is 13.8 Å². The van der Waals surface area contributed by atoms with E-state index in [1.165, 1.54) is 16.7 Å². The third-order valence-electron chi connectivity index (χ3n) is 4.46. The monoisotopic (exact) mass is 341 g/mol. The Labute approximate surface area is 148 Å². The largest absolute Gasteiger partial charge is 0.495 e. The van der Waals surface area contributed by atoms with Crippen LogP contribution >= 0.6 is 11.8 Å². The molecule has 2 aromatic rings. The van der Waals surface area contributed by atoms with Gasteiger partial charge >= 0.3 is 0 Å². The molecular weight excluding hydrogens is 318 g/mol. The lowest BCUT2D eigenvalue weighted by Gasteiger charge is -2.32. The van der Waals surface area contributed by atoms with Crippen LogP contribution in [0.25, 0.3) is 0 Å². The normalized spacial score (nSPS) is 13.5. The molecule has 3 nitrogen and oxygen atoms in total. The number of benzene rings is 2. The second kappa shape index (κ2) is 7.31. The average molecular weight is 341 g/mol. The molecule has 0 fully saturated rings. The van der Waals surface area contributed by atoms with Gasteiger partial charge in [-0.15, -0.1) is 11.8 Å². The maximum atomic E-state index is 12.8. The molecule has 1 heterocycles. The number of thioether (sulfide) groups is 1. The van der Waals surface area contributed by atoms with Crippen LogP contribution in [0.5, 0.6) is 5.75 Å². The quantitative estimate of drug-likeness (QED) is 0.773. The van der Waals surface area contributed by atoms with Crippen molar-refractivity contribution in [3.05, 3.63) is 53.1 Å². The molecule has 24 heavy (non-hydrogen) atoms. The number of hydrogen-bond donors (Lipinski definition) is 0. The van der Waals surface area contributed by atoms with Gasteiger partial charge in [0.15, 0.2) is 0 Å². The molecule has 126 valence electrons. The third-order valence-corrected chi connectivity index (χ3v) is 5.46. The Morgan fingerprint density at radius 1 is 1.17 bits per heavy atom. The lowest BCUT2D eigenvalue weighted by molar-refractivity contribution is -0.116. The molecule has 4 heteroatoms. The smallest absolute Gasteiger partial charge is 0.237 e. The van der Waals surface area contributed by atoms with Crippen LogP contribution < -0.4 is 9.64 Å². The first-order chi connectivity index (χ1) is 11.6. The molecule has 0 saturated carbocycles. The fourth-order valence-electron chi connectivity index (χ4n) is 3.12. The van der Waals surface area contributed by atoms with E-state index in [1.807, 2.05) is 11.0 Å². The molecular formula is C20H23NO2S. The SMILES string of the molecule is COc1ccc(C)c2c1N(C(=O)CSc1ccc(C)cc1)CCC2. The molecule has 0 aromatic heterocycles. The van der Waals surface area contributed by atoms with Crippen molar-refractivity contribution in [1.82, 2.24) is 0 Å². The Kier molecular flexibility index (Phi) is 5.14. The third kappa shape index (κ3) is 3.44. The summed E-state index contributed by atoms with van der Waals surface area (Å²) >= 11 is 1.59. The van der Waals surface area contributed by atoms with E-state index in [4.69, 9.17) is 4.74 Å². The summed E-state index contributed by atoms with van der Waals surface area (Å²) < 4.78 is 5.52. The van der Waals surface area contributed by atoms with Crippen LogP contribution in [0.3, 0.4) is 0 Å². The van der Waals surface area contributed by atoms with E-state index in [2.05, 4.69) is 44.2 Å². The summed E-state index contributed by atoms with van der Waals surface area (Å²) in [6, 6.07) is 12.3. The molecule has 2 aromatic carbocycles. The summed E-state index contributed by atoms with van der Waals surface area (Å²) in [7, 11) is 1.67. The fourth-order valence-corrected chi connectivity index (χ4v) is 3.90. The van der Waals surface area contributed by atoms with Crippen LogP contribution in [0.4, 0.5) is 5.69 Å². The number of carbonyl (C=O) groups is 1. The van der Waals surface area contributed by atoms with Crippen molar-refractivity contribution in [1.29, 1.82) is 0 Å². The zero-order chi connectivity index (χ0) is 17.1. The number of aryl methyl sites for hydroxylation is 2. The maximum absolute atomic E-state index is 12.8. The number of rotatable bonds is 4. The van der Waals surface area contributed by atoms with Crippen molar-refractivity contribution < 1.29 is 9.53 Å². The Morgan fingerprint density at radius 3 is 2.62 bits per heavy atom. The molecule has 1 amide bonds. The highest BCUT2D eigenvalue weighted by Crippen LogP contribution is 2.38. The minimum atomic E-state index is 0.144. The highest BCUT2D eigenvalue weighted by atomic mass is 32.2. The van der Waals surface area contributed by atoms with Crippen molar-refractivity contribution in [2.24, 2.45) is 0 Å². The summed E-state index contributed by atoms with van der Waals surface area (Å²) in [6.45, 7) is 4.94. The van der Waals surface area contributed by atoms with Gasteiger partial charge in [0.05, 0.1) is 18.6 Å². The molecule has 1 aliphatic heterocycles. The van der Waals surface area contributed by atoms with Crippen LogP contribution in [0.1, 0.15) is 23.1 Å². The van der Waals surface area contributed by atoms with Gasteiger partial charge in [-0.3, -0.25) is 4.79 Å². The highest BCUT2D eigenvalue weighted by molar-refractivity contribution is 8.00. The molecule has 0 saturated heterocycles. The number of amides is 1. The summed E-state index contributed by atoms with van der Waals surface area (Å²) in [5.74, 6) is 1.38. The van der Waals surface area contributed by atoms with Crippen molar-refractivity contribution in [3.63, 3.8) is 0 Å². The highest BCUT2D eigenvalue weighted by Gasteiger charge is 2.27. The molecule has 0 spiro atoms. The number of carbonyl (C=O) groups excluding carboxylic acids is 1. The summed E-state index contributed by atoms with van der Waals surface area (Å²) in [4.78, 5) is 15.9. The van der Waals surface area contributed by atoms with Gasteiger partial charge in [-0.25, -0.2) is 0 Å². The maximum Gasteiger partial charge on any atom is 0.237 e. The van der Waals surface area contributed by atoms with E-state index < -0.39 is 0 Å². The second-order valence-corrected chi connectivity index (χ2v) is 7.21. The van der Waals surface area contributed by atoms with Crippen molar-refractivity contribution in [2.75, 3.05) is 24.3 Å². The van der Waals surface area contributed by atoms with Crippen molar-refractivity contribution in [2.45, 2.75) is 31.6 Å². The lowest BCUT2D eigenvalue weighted by atomic mass is 9.96. The lowest BCUT2D eigenvalue weighted by Crippen LogP contribution is -2.37. The van der Waals surface area contributed by atoms with Crippen molar-refractivity contribution >= 4 is 23.4 Å². The van der Waals surface area contributed by atoms with Crippen LogP contribution in [-0.2, 0) is 11.2 Å². The van der Waals surface area contributed by atoms with E-state index in [-0.39, 0.29) is 5.91 Å². The first kappa shape index (κ1) is 16.9. The molecule has 1 aliphatic rings. The summed E-state index contributed by atoms with van der Waals surface area (Å²) in [6.07, 6.45) is 2.01. The standard InChI is InChI=1S/C20H23NO2S/c1-14-6-9-16(10-7-14)24-13-19(22)21-12-4-5-17-15(2)8-11-18(23-3)20(17)21/h6-11H,4-5,12-13H2,1-3H3. The Bertz CT molecular complexity index is 740. The molecule has 0 unspecified atom stereocenters. The first-order valence-electron chi connectivity index (χ1n) is 8.26. The van der Waals surface area contributed by atoms with E-state index in [1.54, 1.807) is 18.9 Å². The van der Waals surface area contributed by atoms with Gasteiger partial charge in [0, 0.05) is 11.4 Å². The Morgan fingerprint density at radius 2 is 1.92 bits per heavy atom. The number of fused-ring (bicyclic) bond motifs is 1. The minimum Gasteiger partial charge on any atom is -0.495 e. The van der Waals surface area contributed by atoms with E-state index in [9.17, 15) is 4.79 Å². The van der Waals surface area contributed by atoms with E-state index in [0.29, 0.717) is 5.75 Å². The van der Waals surface area contributed by atoms with Crippen LogP contribution in [0.15, 0.2) is 41.3 Å². The topological polar surface area (TPSA) is 29.5 Å². The average Bonchev–Trinajstić information content (AvgIpc) is 2.61. The van der Waals surface area contributed by atoms with Gasteiger partial charge in [0.25, 0.3) is 0 Å². The minimum absolute atomic E-state index is 0.144. The number of anilines is 1. The van der Waals surface area contributed by atoms with Crippen molar-refractivity contribution in [3.8, 4) is 5.75 Å². The number of methoxy groups -OCH3 is 1. The van der Waals surface area contributed by atoms with Gasteiger partial charge in [-0.05, 0) is 56.0 Å². The van der Waals surface area contributed by atoms with Gasteiger partial charge < -0.3 is 9.64 Å². The second-order valence-electron chi connectivity index (χ2n) is 6.16. The predicted molar refractivity (Wildman–Crippen MR) is 100 cm³/mol. The number of ether oxygens (including phenoxy) is 1. The summed E-state index contributed by atoms with van der Waals surface area (Å²) in [5.41, 5.74) is 4.68. The fraction of sp³-hybridized carbons (Fsp3) is 0.350. The van der Waals surface area contributed by atoms with E-state index in [0.717, 1.165) is 35.7 Å². The molecule has 3 rings (SSSR count). The Hall–Kier alpha value is -1.94. The van der Waals surface area contributed by atoms with Gasteiger partial charge in [-0.2, -0.15) is 0 Å². The number of nitrogens with zero attached hydrogens (tertiary/aromatic N) is 1. The number of hydrogen-bond acceptors (Lipinski definition) is 3. The van der Waals surface area contributed by atoms with Crippen LogP contribution in [-0.4, -0.2) is 25.3 Å². The van der Waals surface area contributed by atoms with Gasteiger partial charge in [-0.1, -0.05) is 23.8 Å². The molecule has 0 N–H and O–H groups in total. The Balaban J connectivity index is 1.79. The zero-order valence-corrected chi connectivity index (χ0v) is 15.3.